The van der Waals surface area contributed by atoms with E-state index in [1.165, 1.54) is 0 Å². The molecule has 0 radical (unpaired) electrons. The Bertz CT molecular complexity index is 468. The van der Waals surface area contributed by atoms with E-state index in [0.717, 1.165) is 0 Å². The Morgan fingerprint density at radius 1 is 0.867 bits per heavy atom. The highest BCUT2D eigenvalue weighted by atomic mass is 19.2. The van der Waals surface area contributed by atoms with Gasteiger partial charge in [-0.05, 0) is 0 Å². The van der Waals surface area contributed by atoms with Crippen LogP contribution in [0.5, 0.6) is 0 Å². The number of nitrogen functional groups attached to an aromatic ring is 1. The van der Waals surface area contributed by atoms with Crippen molar-refractivity contribution in [3.63, 3.8) is 0 Å². The first-order chi connectivity index (χ1) is 6.95. The molecule has 1 aromatic carbocycles. The van der Waals surface area contributed by atoms with Crippen LogP contribution in [0.25, 0.3) is 0 Å². The third kappa shape index (κ3) is 1.03. The molecular weight excluding hydrogens is 215 g/mol. The van der Waals surface area contributed by atoms with Gasteiger partial charge in [0.2, 0.25) is 0 Å². The van der Waals surface area contributed by atoms with Gasteiger partial charge in [-0.25, -0.2) is 22.8 Å². The second kappa shape index (κ2) is 2.72. The van der Waals surface area contributed by atoms with Crippen molar-refractivity contribution in [1.29, 1.82) is 0 Å². The number of esters is 2. The number of hydrogen-bond acceptors (Lipinski definition) is 4. The molecule has 0 spiro atoms. The van der Waals surface area contributed by atoms with E-state index in [4.69, 9.17) is 5.73 Å². The van der Waals surface area contributed by atoms with Crippen LogP contribution in [0.3, 0.4) is 0 Å². The van der Waals surface area contributed by atoms with E-state index < -0.39 is 46.2 Å². The van der Waals surface area contributed by atoms with Gasteiger partial charge in [-0.3, -0.25) is 0 Å². The molecule has 0 aromatic heterocycles. The van der Waals surface area contributed by atoms with Gasteiger partial charge in [0.25, 0.3) is 0 Å². The summed E-state index contributed by atoms with van der Waals surface area (Å²) in [5.41, 5.74) is 1.69. The number of cyclic esters (lactones) is 2. The summed E-state index contributed by atoms with van der Waals surface area (Å²) in [6.07, 6.45) is 0. The monoisotopic (exact) mass is 217 g/mol. The van der Waals surface area contributed by atoms with Gasteiger partial charge in [0.1, 0.15) is 16.8 Å². The molecule has 1 aliphatic rings. The van der Waals surface area contributed by atoms with Gasteiger partial charge in [-0.15, -0.1) is 0 Å². The van der Waals surface area contributed by atoms with Crippen LogP contribution in [0, 0.1) is 17.5 Å². The lowest BCUT2D eigenvalue weighted by molar-refractivity contribution is 0.0440. The maximum absolute atomic E-state index is 13.2. The quantitative estimate of drug-likeness (QED) is 0.304. The molecule has 0 saturated carbocycles. The lowest BCUT2D eigenvalue weighted by atomic mass is 10.1. The van der Waals surface area contributed by atoms with E-state index in [9.17, 15) is 22.8 Å². The van der Waals surface area contributed by atoms with Crippen molar-refractivity contribution >= 4 is 17.6 Å². The summed E-state index contributed by atoms with van der Waals surface area (Å²) in [4.78, 5) is 21.7. The zero-order valence-electron chi connectivity index (χ0n) is 6.94. The summed E-state index contributed by atoms with van der Waals surface area (Å²) >= 11 is 0. The molecule has 0 saturated heterocycles. The molecule has 0 fully saturated rings. The largest absolute Gasteiger partial charge is 0.394 e. The van der Waals surface area contributed by atoms with Crippen LogP contribution in [0.2, 0.25) is 0 Å². The molecule has 15 heavy (non-hydrogen) atoms. The Hall–Kier alpha value is -2.05. The Kier molecular flexibility index (Phi) is 1.72. The van der Waals surface area contributed by atoms with Crippen LogP contribution in [0.4, 0.5) is 18.9 Å². The van der Waals surface area contributed by atoms with E-state index in [1.54, 1.807) is 0 Å². The summed E-state index contributed by atoms with van der Waals surface area (Å²) in [6, 6.07) is 0. The zero-order valence-corrected chi connectivity index (χ0v) is 6.94. The smallest absolute Gasteiger partial charge is 0.350 e. The summed E-state index contributed by atoms with van der Waals surface area (Å²) in [5, 5.41) is 0. The van der Waals surface area contributed by atoms with Crippen LogP contribution in [-0.2, 0) is 4.74 Å². The first-order valence-electron chi connectivity index (χ1n) is 3.67. The molecule has 2 rings (SSSR count). The van der Waals surface area contributed by atoms with Crippen molar-refractivity contribution < 1.29 is 27.5 Å². The molecule has 1 aliphatic heterocycles. The fourth-order valence-corrected chi connectivity index (χ4v) is 1.25. The van der Waals surface area contributed by atoms with Gasteiger partial charge in [0.05, 0.1) is 0 Å². The predicted octanol–water partition coefficient (Wildman–Crippen LogP) is 0.997. The average Bonchev–Trinajstić information content (AvgIpc) is 2.47. The summed E-state index contributed by atoms with van der Waals surface area (Å²) in [7, 11) is 0. The first-order valence-corrected chi connectivity index (χ1v) is 3.67. The van der Waals surface area contributed by atoms with E-state index in [2.05, 4.69) is 4.74 Å². The van der Waals surface area contributed by atoms with Crippen molar-refractivity contribution in [1.82, 2.24) is 0 Å². The number of carbonyl (C=O) groups excluding carboxylic acids is 2. The Morgan fingerprint density at radius 3 is 1.87 bits per heavy atom. The van der Waals surface area contributed by atoms with Gasteiger partial charge in [0, 0.05) is 0 Å². The molecule has 4 nitrogen and oxygen atoms in total. The van der Waals surface area contributed by atoms with Crippen molar-refractivity contribution in [2.75, 3.05) is 5.73 Å². The number of fused-ring (bicyclic) bond motifs is 1. The first kappa shape index (κ1) is 9.50. The predicted molar refractivity (Wildman–Crippen MR) is 40.5 cm³/mol. The van der Waals surface area contributed by atoms with E-state index in [-0.39, 0.29) is 0 Å². The van der Waals surface area contributed by atoms with Gasteiger partial charge in [-0.2, -0.15) is 0 Å². The molecule has 0 unspecified atom stereocenters. The standard InChI is InChI=1S/C8H2F3NO3/c9-3-1-2(8(14)15-7(1)13)4(10)6(12)5(3)11/h12H2. The van der Waals surface area contributed by atoms with Crippen LogP contribution in [-0.4, -0.2) is 11.9 Å². The zero-order chi connectivity index (χ0) is 11.3. The molecule has 2 N–H and O–H groups in total. The lowest BCUT2D eigenvalue weighted by Gasteiger charge is -2.02. The van der Waals surface area contributed by atoms with Gasteiger partial charge in [0.15, 0.2) is 17.5 Å². The third-order valence-corrected chi connectivity index (χ3v) is 1.95. The Morgan fingerprint density at radius 2 is 1.33 bits per heavy atom. The Balaban J connectivity index is 2.92. The van der Waals surface area contributed by atoms with Crippen molar-refractivity contribution in [2.45, 2.75) is 0 Å². The van der Waals surface area contributed by atoms with Gasteiger partial charge >= 0.3 is 11.9 Å². The normalized spacial score (nSPS) is 14.1. The molecule has 0 aliphatic carbocycles. The number of halogens is 3. The lowest BCUT2D eigenvalue weighted by Crippen LogP contribution is -2.08. The number of benzene rings is 1. The van der Waals surface area contributed by atoms with E-state index in [0.29, 0.717) is 0 Å². The SMILES string of the molecule is Nc1c(F)c(F)c2c(c1F)C(=O)OC2=O. The number of anilines is 1. The topological polar surface area (TPSA) is 69.4 Å². The highest BCUT2D eigenvalue weighted by Crippen LogP contribution is 2.31. The Labute approximate surface area is 80.4 Å². The fourth-order valence-electron chi connectivity index (χ4n) is 1.25. The minimum Gasteiger partial charge on any atom is -0.394 e. The molecule has 0 atom stereocenters. The summed E-state index contributed by atoms with van der Waals surface area (Å²) in [5.74, 6) is -7.68. The minimum atomic E-state index is -1.71. The number of ether oxygens (including phenoxy) is 1. The average molecular weight is 217 g/mol. The molecule has 1 heterocycles. The summed E-state index contributed by atoms with van der Waals surface area (Å²) < 4.78 is 43.1. The van der Waals surface area contributed by atoms with Crippen LogP contribution >= 0.6 is 0 Å². The van der Waals surface area contributed by atoms with Crippen LogP contribution < -0.4 is 5.73 Å². The number of rotatable bonds is 0. The second-order valence-electron chi connectivity index (χ2n) is 2.78. The summed E-state index contributed by atoms with van der Waals surface area (Å²) in [6.45, 7) is 0. The van der Waals surface area contributed by atoms with Crippen LogP contribution in [0.1, 0.15) is 20.7 Å². The fraction of sp³-hybridized carbons (Fsp3) is 0. The second-order valence-corrected chi connectivity index (χ2v) is 2.78. The number of nitrogens with two attached hydrogens (primary N) is 1. The molecule has 78 valence electrons. The van der Waals surface area contributed by atoms with E-state index >= 15 is 0 Å². The van der Waals surface area contributed by atoms with E-state index in [1.807, 2.05) is 0 Å². The molecular formula is C8H2F3NO3. The van der Waals surface area contributed by atoms with Crippen molar-refractivity contribution in [2.24, 2.45) is 0 Å². The highest BCUT2D eigenvalue weighted by Gasteiger charge is 2.39. The molecule has 0 bridgehead atoms. The van der Waals surface area contributed by atoms with Crippen molar-refractivity contribution in [3.05, 3.63) is 28.6 Å². The maximum Gasteiger partial charge on any atom is 0.350 e. The molecule has 7 heteroatoms. The van der Waals surface area contributed by atoms with Gasteiger partial charge in [-0.1, -0.05) is 0 Å². The minimum absolute atomic E-state index is 0.962. The van der Waals surface area contributed by atoms with Crippen molar-refractivity contribution in [3.8, 4) is 0 Å². The van der Waals surface area contributed by atoms with Crippen LogP contribution in [0.15, 0.2) is 0 Å². The van der Waals surface area contributed by atoms with Gasteiger partial charge < -0.3 is 10.5 Å². The highest BCUT2D eigenvalue weighted by molar-refractivity contribution is 6.15. The maximum atomic E-state index is 13.2. The number of carbonyl (C=O) groups is 2. The molecule has 0 amide bonds. The third-order valence-electron chi connectivity index (χ3n) is 1.95. The molecule has 1 aromatic rings. The number of hydrogen-bond donors (Lipinski definition) is 1.